The molecule has 1 nitrogen and oxygen atoms in total. The lowest BCUT2D eigenvalue weighted by molar-refractivity contribution is -0.930. The van der Waals surface area contributed by atoms with Crippen LogP contribution in [0.25, 0.3) is 0 Å². The van der Waals surface area contributed by atoms with E-state index in [1.807, 2.05) is 0 Å². The molecule has 0 aromatic rings. The monoisotopic (exact) mass is 273 g/mol. The van der Waals surface area contributed by atoms with E-state index < -0.39 is 0 Å². The van der Waals surface area contributed by atoms with Gasteiger partial charge in [0.2, 0.25) is 0 Å². The fraction of sp³-hybridized carbons (Fsp3) is 1.00. The topological polar surface area (TPSA) is 0 Å². The summed E-state index contributed by atoms with van der Waals surface area (Å²) >= 11 is 0. The first-order valence-electron chi connectivity index (χ1n) is 6.30. The van der Waals surface area contributed by atoms with E-state index in [2.05, 4.69) is 21.1 Å². The van der Waals surface area contributed by atoms with Gasteiger partial charge >= 0.3 is 0 Å². The van der Waals surface area contributed by atoms with Crippen LogP contribution in [0.2, 0.25) is 0 Å². The number of quaternary nitrogens is 1. The summed E-state index contributed by atoms with van der Waals surface area (Å²) in [6.45, 7) is 0. The lowest BCUT2D eigenvalue weighted by Crippen LogP contribution is -3.00. The normalized spacial score (nSPS) is 47.8. The van der Waals surface area contributed by atoms with Crippen LogP contribution in [-0.2, 0) is 0 Å². The average molecular weight is 274 g/mol. The molecule has 4 rings (SSSR count). The fourth-order valence-corrected chi connectivity index (χ4v) is 4.89. The van der Waals surface area contributed by atoms with Crippen molar-refractivity contribution in [1.29, 1.82) is 0 Å². The summed E-state index contributed by atoms with van der Waals surface area (Å²) in [5, 5.41) is 0. The molecule has 2 heteroatoms. The second-order valence-electron chi connectivity index (χ2n) is 7.15. The van der Waals surface area contributed by atoms with E-state index in [-0.39, 0.29) is 17.0 Å². The molecule has 4 aliphatic rings. The van der Waals surface area contributed by atoms with Gasteiger partial charge in [0, 0.05) is 19.3 Å². The van der Waals surface area contributed by atoms with Gasteiger partial charge in [-0.2, -0.15) is 0 Å². The summed E-state index contributed by atoms with van der Waals surface area (Å²) in [5.41, 5.74) is 0.675. The molecule has 0 aliphatic heterocycles. The van der Waals surface area contributed by atoms with Crippen molar-refractivity contribution in [2.24, 2.45) is 17.8 Å². The SMILES string of the molecule is C[N+](C)(C)C12CC3CC(CC(C3)C1)C2.[Br-]. The quantitative estimate of drug-likeness (QED) is 0.574. The van der Waals surface area contributed by atoms with Crippen molar-refractivity contribution in [2.45, 2.75) is 44.1 Å². The molecule has 88 valence electrons. The Kier molecular flexibility index (Phi) is 2.75. The van der Waals surface area contributed by atoms with Crippen molar-refractivity contribution in [2.75, 3.05) is 21.1 Å². The molecule has 0 N–H and O–H groups in total. The van der Waals surface area contributed by atoms with E-state index >= 15 is 0 Å². The molecule has 0 aromatic carbocycles. The lowest BCUT2D eigenvalue weighted by Gasteiger charge is -2.61. The molecular weight excluding hydrogens is 250 g/mol. The number of nitrogens with zero attached hydrogens (tertiary/aromatic N) is 1. The molecule has 0 unspecified atom stereocenters. The highest BCUT2D eigenvalue weighted by Crippen LogP contribution is 2.58. The van der Waals surface area contributed by atoms with Crippen LogP contribution in [0.15, 0.2) is 0 Å². The minimum atomic E-state index is 0. The van der Waals surface area contributed by atoms with Gasteiger partial charge in [0.25, 0.3) is 0 Å². The first kappa shape index (κ1) is 11.9. The van der Waals surface area contributed by atoms with E-state index in [0.29, 0.717) is 5.54 Å². The standard InChI is InChI=1S/C13H24N.BrH/c1-14(2,3)13-7-10-4-11(8-13)6-12(5-10)9-13;/h10-12H,4-9H2,1-3H3;1H/q+1;/p-1. The second kappa shape index (κ2) is 3.46. The van der Waals surface area contributed by atoms with Crippen LogP contribution in [0.5, 0.6) is 0 Å². The molecule has 0 atom stereocenters. The zero-order valence-corrected chi connectivity index (χ0v) is 11.9. The minimum absolute atomic E-state index is 0. The van der Waals surface area contributed by atoms with E-state index in [9.17, 15) is 0 Å². The van der Waals surface area contributed by atoms with Crippen LogP contribution in [0.1, 0.15) is 38.5 Å². The Bertz CT molecular complexity index is 218. The first-order chi connectivity index (χ1) is 6.48. The van der Waals surface area contributed by atoms with E-state index in [1.165, 1.54) is 23.7 Å². The van der Waals surface area contributed by atoms with Crippen LogP contribution in [0, 0.1) is 17.8 Å². The maximum Gasteiger partial charge on any atom is 0.0994 e. The molecule has 15 heavy (non-hydrogen) atoms. The molecular formula is C13H24BrN. The summed E-state index contributed by atoms with van der Waals surface area (Å²) in [6, 6.07) is 0. The Balaban J connectivity index is 0.000000853. The smallest absolute Gasteiger partial charge is 0.0994 e. The number of hydrogen-bond acceptors (Lipinski definition) is 0. The summed E-state index contributed by atoms with van der Waals surface area (Å²) in [5.74, 6) is 3.29. The number of halogens is 1. The van der Waals surface area contributed by atoms with Crippen LogP contribution >= 0.6 is 0 Å². The third kappa shape index (κ3) is 1.68. The summed E-state index contributed by atoms with van der Waals surface area (Å²) < 4.78 is 1.22. The molecule has 4 bridgehead atoms. The van der Waals surface area contributed by atoms with Gasteiger partial charge in [0.1, 0.15) is 0 Å². The van der Waals surface area contributed by atoms with Gasteiger partial charge in [0.15, 0.2) is 0 Å². The van der Waals surface area contributed by atoms with Crippen LogP contribution < -0.4 is 17.0 Å². The van der Waals surface area contributed by atoms with Crippen LogP contribution in [-0.4, -0.2) is 31.2 Å². The van der Waals surface area contributed by atoms with Crippen molar-refractivity contribution in [1.82, 2.24) is 0 Å². The van der Waals surface area contributed by atoms with Gasteiger partial charge in [-0.1, -0.05) is 0 Å². The van der Waals surface area contributed by atoms with Gasteiger partial charge in [-0.3, -0.25) is 0 Å². The summed E-state index contributed by atoms with van der Waals surface area (Å²) in [4.78, 5) is 0. The van der Waals surface area contributed by atoms with Crippen LogP contribution in [0.3, 0.4) is 0 Å². The molecule has 0 heterocycles. The predicted molar refractivity (Wildman–Crippen MR) is 58.9 cm³/mol. The zero-order chi connectivity index (χ0) is 9.97. The Hall–Kier alpha value is 0.440. The lowest BCUT2D eigenvalue weighted by atomic mass is 9.52. The van der Waals surface area contributed by atoms with Crippen molar-refractivity contribution < 1.29 is 21.5 Å². The third-order valence-corrected chi connectivity index (χ3v) is 5.43. The van der Waals surface area contributed by atoms with Crippen LogP contribution in [0.4, 0.5) is 0 Å². The molecule has 0 radical (unpaired) electrons. The Morgan fingerprint density at radius 2 is 1.13 bits per heavy atom. The van der Waals surface area contributed by atoms with Gasteiger partial charge in [-0.05, 0) is 37.0 Å². The number of hydrogen-bond donors (Lipinski definition) is 0. The second-order valence-corrected chi connectivity index (χ2v) is 7.15. The number of rotatable bonds is 1. The van der Waals surface area contributed by atoms with Crippen molar-refractivity contribution >= 4 is 0 Å². The molecule has 0 amide bonds. The molecule has 0 aromatic heterocycles. The van der Waals surface area contributed by atoms with Crippen molar-refractivity contribution in [3.8, 4) is 0 Å². The van der Waals surface area contributed by atoms with Gasteiger partial charge in [-0.15, -0.1) is 0 Å². The average Bonchev–Trinajstić information content (AvgIpc) is 1.98. The highest BCUT2D eigenvalue weighted by molar-refractivity contribution is 5.02. The predicted octanol–water partition coefficient (Wildman–Crippen LogP) is -0.335. The third-order valence-electron chi connectivity index (χ3n) is 5.43. The Morgan fingerprint density at radius 3 is 1.40 bits per heavy atom. The van der Waals surface area contributed by atoms with E-state index in [0.717, 1.165) is 17.8 Å². The zero-order valence-electron chi connectivity index (χ0n) is 10.3. The fourth-order valence-electron chi connectivity index (χ4n) is 4.89. The maximum absolute atomic E-state index is 2.42. The van der Waals surface area contributed by atoms with Gasteiger partial charge in [0.05, 0.1) is 26.7 Å². The van der Waals surface area contributed by atoms with Crippen molar-refractivity contribution in [3.05, 3.63) is 0 Å². The molecule has 0 saturated heterocycles. The molecule has 4 aliphatic carbocycles. The highest BCUT2D eigenvalue weighted by Gasteiger charge is 2.57. The molecule has 4 saturated carbocycles. The summed E-state index contributed by atoms with van der Waals surface area (Å²) in [7, 11) is 7.27. The largest absolute Gasteiger partial charge is 1.00 e. The van der Waals surface area contributed by atoms with E-state index in [1.54, 1.807) is 19.3 Å². The maximum atomic E-state index is 2.42. The van der Waals surface area contributed by atoms with E-state index in [4.69, 9.17) is 0 Å². The molecule has 4 fully saturated rings. The van der Waals surface area contributed by atoms with Crippen molar-refractivity contribution in [3.63, 3.8) is 0 Å². The first-order valence-corrected chi connectivity index (χ1v) is 6.30. The Labute approximate surface area is 105 Å². The highest BCUT2D eigenvalue weighted by atomic mass is 79.9. The van der Waals surface area contributed by atoms with Gasteiger partial charge in [-0.25, -0.2) is 0 Å². The Morgan fingerprint density at radius 1 is 0.800 bits per heavy atom. The van der Waals surface area contributed by atoms with Gasteiger partial charge < -0.3 is 21.5 Å². The summed E-state index contributed by atoms with van der Waals surface area (Å²) in [6.07, 6.45) is 9.30. The minimum Gasteiger partial charge on any atom is -1.00 e. The molecule has 0 spiro atoms.